The normalized spacial score (nSPS) is 41.5. The molecule has 2 rings (SSSR count). The van der Waals surface area contributed by atoms with Crippen molar-refractivity contribution in [3.8, 4) is 0 Å². The average Bonchev–Trinajstić information content (AvgIpc) is 2.77. The van der Waals surface area contributed by atoms with Gasteiger partial charge in [-0.15, -0.1) is 0 Å². The summed E-state index contributed by atoms with van der Waals surface area (Å²) in [5.41, 5.74) is 0. The van der Waals surface area contributed by atoms with E-state index in [1.807, 2.05) is 0 Å². The second-order valence-corrected chi connectivity index (χ2v) is 8.46. The molecule has 0 spiro atoms. The third kappa shape index (κ3) is 7.01. The second kappa shape index (κ2) is 13.4. The van der Waals surface area contributed by atoms with E-state index < -0.39 is 73.4 Å². The van der Waals surface area contributed by atoms with E-state index in [1.54, 1.807) is 6.92 Å². The van der Waals surface area contributed by atoms with Crippen molar-refractivity contribution in [3.63, 3.8) is 0 Å². The lowest BCUT2D eigenvalue weighted by atomic mass is 9.87. The fourth-order valence-electron chi connectivity index (χ4n) is 4.11. The summed E-state index contributed by atoms with van der Waals surface area (Å²) in [6, 6.07) is 0. The van der Waals surface area contributed by atoms with Gasteiger partial charge in [0.25, 0.3) is 0 Å². The zero-order chi connectivity index (χ0) is 23.8. The molecule has 32 heavy (non-hydrogen) atoms. The molecular formula is C20H38O12. The van der Waals surface area contributed by atoms with Crippen molar-refractivity contribution in [2.75, 3.05) is 53.4 Å². The fourth-order valence-corrected chi connectivity index (χ4v) is 4.11. The van der Waals surface area contributed by atoms with Gasteiger partial charge in [-0.25, -0.2) is 0 Å². The maximum absolute atomic E-state index is 10.5. The largest absolute Gasteiger partial charge is 0.394 e. The standard InChI is InChI=1S/C20H38O12/c1-10(23)5-29-8-15-20(27)18(25)12(14(4-22)32-15)7-30-9-16-19(26)17(24)11(6-28-2)13(3-21)31-16/h10-27H,3-9H2,1-2H3. The van der Waals surface area contributed by atoms with Gasteiger partial charge in [0.1, 0.15) is 24.4 Å². The number of hydrogen-bond acceptors (Lipinski definition) is 12. The van der Waals surface area contributed by atoms with Gasteiger partial charge < -0.3 is 59.4 Å². The molecule has 0 aliphatic carbocycles. The number of aliphatic hydroxyl groups is 7. The summed E-state index contributed by atoms with van der Waals surface area (Å²) in [5, 5.41) is 70.1. The molecule has 2 aliphatic rings. The minimum absolute atomic E-state index is 0.0364. The van der Waals surface area contributed by atoms with E-state index in [2.05, 4.69) is 0 Å². The van der Waals surface area contributed by atoms with Gasteiger partial charge in [-0.05, 0) is 6.92 Å². The van der Waals surface area contributed by atoms with E-state index in [1.165, 1.54) is 7.11 Å². The molecule has 2 heterocycles. The smallest absolute Gasteiger partial charge is 0.110 e. The first-order valence-electron chi connectivity index (χ1n) is 10.8. The highest BCUT2D eigenvalue weighted by molar-refractivity contribution is 4.94. The molecule has 12 heteroatoms. The Labute approximate surface area is 187 Å². The van der Waals surface area contributed by atoms with Crippen LogP contribution in [0.25, 0.3) is 0 Å². The molecule has 2 aliphatic heterocycles. The average molecular weight is 471 g/mol. The molecule has 0 aromatic carbocycles. The summed E-state index contributed by atoms with van der Waals surface area (Å²) in [4.78, 5) is 0. The van der Waals surface area contributed by atoms with Crippen molar-refractivity contribution in [2.45, 2.75) is 61.9 Å². The summed E-state index contributed by atoms with van der Waals surface area (Å²) < 4.78 is 27.2. The number of aliphatic hydroxyl groups excluding tert-OH is 7. The monoisotopic (exact) mass is 470 g/mol. The molecular weight excluding hydrogens is 432 g/mol. The highest BCUT2D eigenvalue weighted by Crippen LogP contribution is 2.29. The Kier molecular flexibility index (Phi) is 11.6. The number of methoxy groups -OCH3 is 1. The van der Waals surface area contributed by atoms with Gasteiger partial charge in [0.15, 0.2) is 0 Å². The van der Waals surface area contributed by atoms with Gasteiger partial charge in [-0.1, -0.05) is 0 Å². The van der Waals surface area contributed by atoms with Crippen LogP contribution in [-0.2, 0) is 23.7 Å². The minimum Gasteiger partial charge on any atom is -0.394 e. The quantitative estimate of drug-likeness (QED) is 0.148. The second-order valence-electron chi connectivity index (χ2n) is 8.46. The van der Waals surface area contributed by atoms with Crippen LogP contribution in [0.1, 0.15) is 6.92 Å². The summed E-state index contributed by atoms with van der Waals surface area (Å²) in [5.74, 6) is -1.38. The van der Waals surface area contributed by atoms with E-state index in [-0.39, 0.29) is 39.6 Å². The first-order valence-corrected chi connectivity index (χ1v) is 10.8. The third-order valence-corrected chi connectivity index (χ3v) is 5.95. The summed E-state index contributed by atoms with van der Waals surface area (Å²) in [6.45, 7) is 0.515. The number of hydrogen-bond donors (Lipinski definition) is 7. The van der Waals surface area contributed by atoms with Crippen LogP contribution in [0.3, 0.4) is 0 Å². The Hall–Kier alpha value is -0.480. The maximum Gasteiger partial charge on any atom is 0.110 e. The fraction of sp³-hybridized carbons (Fsp3) is 1.00. The zero-order valence-corrected chi connectivity index (χ0v) is 18.5. The van der Waals surface area contributed by atoms with Crippen LogP contribution in [-0.4, -0.2) is 144 Å². The Morgan fingerprint density at radius 2 is 1.16 bits per heavy atom. The molecule has 2 saturated heterocycles. The SMILES string of the molecule is COCC1C(CO)OC(COCC2C(CO)OC(COCC(C)O)C(O)C2O)C(O)C1O. The predicted octanol–water partition coefficient (Wildman–Crippen LogP) is -3.76. The zero-order valence-electron chi connectivity index (χ0n) is 18.5. The number of rotatable bonds is 12. The summed E-state index contributed by atoms with van der Waals surface area (Å²) in [6.07, 6.45) is -9.15. The van der Waals surface area contributed by atoms with Crippen molar-refractivity contribution < 1.29 is 59.4 Å². The molecule has 11 atom stereocenters. The summed E-state index contributed by atoms with van der Waals surface area (Å²) >= 11 is 0. The predicted molar refractivity (Wildman–Crippen MR) is 108 cm³/mol. The molecule has 2 fully saturated rings. The van der Waals surface area contributed by atoms with Crippen LogP contribution in [0.15, 0.2) is 0 Å². The summed E-state index contributed by atoms with van der Waals surface area (Å²) in [7, 11) is 1.44. The molecule has 12 nitrogen and oxygen atoms in total. The van der Waals surface area contributed by atoms with Crippen LogP contribution in [0, 0.1) is 11.8 Å². The molecule has 0 saturated carbocycles. The lowest BCUT2D eigenvalue weighted by Gasteiger charge is -2.43. The Bertz CT molecular complexity index is 519. The van der Waals surface area contributed by atoms with Crippen LogP contribution in [0.2, 0.25) is 0 Å². The first kappa shape index (κ1) is 27.8. The van der Waals surface area contributed by atoms with Crippen molar-refractivity contribution >= 4 is 0 Å². The molecule has 0 aromatic rings. The van der Waals surface area contributed by atoms with Crippen LogP contribution >= 0.6 is 0 Å². The van der Waals surface area contributed by atoms with Crippen LogP contribution in [0.5, 0.6) is 0 Å². The Balaban J connectivity index is 1.89. The number of ether oxygens (including phenoxy) is 5. The molecule has 7 N–H and O–H groups in total. The van der Waals surface area contributed by atoms with E-state index in [9.17, 15) is 35.7 Å². The van der Waals surface area contributed by atoms with E-state index in [0.717, 1.165) is 0 Å². The van der Waals surface area contributed by atoms with Crippen molar-refractivity contribution in [2.24, 2.45) is 11.8 Å². The molecule has 0 bridgehead atoms. The van der Waals surface area contributed by atoms with Crippen LogP contribution < -0.4 is 0 Å². The third-order valence-electron chi connectivity index (χ3n) is 5.95. The lowest BCUT2D eigenvalue weighted by molar-refractivity contribution is -0.243. The van der Waals surface area contributed by atoms with E-state index >= 15 is 0 Å². The minimum atomic E-state index is -1.30. The maximum atomic E-state index is 10.5. The van der Waals surface area contributed by atoms with Gasteiger partial charge in [0.2, 0.25) is 0 Å². The van der Waals surface area contributed by atoms with Gasteiger partial charge >= 0.3 is 0 Å². The first-order chi connectivity index (χ1) is 15.2. The van der Waals surface area contributed by atoms with Crippen molar-refractivity contribution in [3.05, 3.63) is 0 Å². The Morgan fingerprint density at radius 1 is 0.688 bits per heavy atom. The van der Waals surface area contributed by atoms with Crippen molar-refractivity contribution in [1.82, 2.24) is 0 Å². The van der Waals surface area contributed by atoms with Gasteiger partial charge in [0.05, 0.1) is 76.8 Å². The molecule has 190 valence electrons. The van der Waals surface area contributed by atoms with Gasteiger partial charge in [-0.3, -0.25) is 0 Å². The molecule has 11 unspecified atom stereocenters. The van der Waals surface area contributed by atoms with Crippen molar-refractivity contribution in [1.29, 1.82) is 0 Å². The van der Waals surface area contributed by atoms with Gasteiger partial charge in [0, 0.05) is 18.9 Å². The Morgan fingerprint density at radius 3 is 1.59 bits per heavy atom. The highest BCUT2D eigenvalue weighted by Gasteiger charge is 2.46. The lowest BCUT2D eigenvalue weighted by Crippen LogP contribution is -2.59. The molecule has 0 radical (unpaired) electrons. The molecule has 0 aromatic heterocycles. The topological polar surface area (TPSA) is 188 Å². The van der Waals surface area contributed by atoms with E-state index in [4.69, 9.17) is 23.7 Å². The van der Waals surface area contributed by atoms with E-state index in [0.29, 0.717) is 0 Å². The van der Waals surface area contributed by atoms with Gasteiger partial charge in [-0.2, -0.15) is 0 Å². The molecule has 0 amide bonds. The van der Waals surface area contributed by atoms with Crippen LogP contribution in [0.4, 0.5) is 0 Å². The highest BCUT2D eigenvalue weighted by atomic mass is 16.6.